The zero-order valence-corrected chi connectivity index (χ0v) is 24.0. The molecule has 0 unspecified atom stereocenters. The molecule has 0 aliphatic heterocycles. The van der Waals surface area contributed by atoms with Crippen LogP contribution < -0.4 is 9.62 Å². The summed E-state index contributed by atoms with van der Waals surface area (Å²) in [7, 11) is -4.16. The third-order valence-corrected chi connectivity index (χ3v) is 8.39. The van der Waals surface area contributed by atoms with Gasteiger partial charge in [0.1, 0.15) is 12.6 Å². The highest BCUT2D eigenvalue weighted by atomic mass is 35.5. The van der Waals surface area contributed by atoms with Crippen LogP contribution in [-0.2, 0) is 26.2 Å². The van der Waals surface area contributed by atoms with Gasteiger partial charge in [0.25, 0.3) is 10.0 Å². The van der Waals surface area contributed by atoms with Crippen molar-refractivity contribution in [1.29, 1.82) is 0 Å². The van der Waals surface area contributed by atoms with Gasteiger partial charge in [0.2, 0.25) is 11.8 Å². The van der Waals surface area contributed by atoms with Gasteiger partial charge in [-0.25, -0.2) is 8.42 Å². The van der Waals surface area contributed by atoms with Gasteiger partial charge in [-0.05, 0) is 61.4 Å². The first-order valence-electron chi connectivity index (χ1n) is 11.9. The second kappa shape index (κ2) is 13.3. The predicted molar refractivity (Wildman–Crippen MR) is 152 cm³/mol. The minimum atomic E-state index is -4.16. The Bertz CT molecular complexity index is 1390. The van der Waals surface area contributed by atoms with Crippen LogP contribution in [0.15, 0.2) is 77.7 Å². The molecule has 0 saturated heterocycles. The summed E-state index contributed by atoms with van der Waals surface area (Å²) in [6.07, 6.45) is 0.716. The summed E-state index contributed by atoms with van der Waals surface area (Å²) < 4.78 is 28.4. The van der Waals surface area contributed by atoms with Crippen LogP contribution in [0.25, 0.3) is 0 Å². The SMILES string of the molecule is CCCNC(=O)[C@@H](C)N(Cc1ccc(Cl)cc1Cl)C(=O)CN(c1cccc(Cl)c1)S(=O)(=O)c1ccccc1. The highest BCUT2D eigenvalue weighted by Crippen LogP contribution is 2.28. The number of halogens is 3. The third-order valence-electron chi connectivity index (χ3n) is 5.78. The fraction of sp³-hybridized carbons (Fsp3) is 0.259. The topological polar surface area (TPSA) is 86.8 Å². The molecule has 0 saturated carbocycles. The number of carbonyl (C=O) groups excluding carboxylic acids is 2. The molecule has 0 radical (unpaired) electrons. The Morgan fingerprint density at radius 2 is 1.61 bits per heavy atom. The van der Waals surface area contributed by atoms with Gasteiger partial charge in [-0.1, -0.05) is 72.1 Å². The van der Waals surface area contributed by atoms with Crippen LogP contribution in [0, 0.1) is 0 Å². The maximum absolute atomic E-state index is 13.8. The molecule has 202 valence electrons. The van der Waals surface area contributed by atoms with E-state index in [1.807, 2.05) is 6.92 Å². The van der Waals surface area contributed by atoms with Crippen LogP contribution >= 0.6 is 34.8 Å². The second-order valence-electron chi connectivity index (χ2n) is 8.53. The first-order chi connectivity index (χ1) is 18.0. The number of sulfonamides is 1. The number of rotatable bonds is 11. The van der Waals surface area contributed by atoms with Crippen molar-refractivity contribution in [3.05, 3.63) is 93.4 Å². The minimum absolute atomic E-state index is 0.00816. The van der Waals surface area contributed by atoms with E-state index in [1.165, 1.54) is 23.1 Å². The summed E-state index contributed by atoms with van der Waals surface area (Å²) in [6.45, 7) is 3.32. The van der Waals surface area contributed by atoms with E-state index in [2.05, 4.69) is 5.32 Å². The molecular weight excluding hydrogens is 569 g/mol. The standard InChI is InChI=1S/C27H28Cl3N3O4S/c1-3-14-31-27(35)19(2)32(17-20-12-13-22(29)16-25(20)30)26(34)18-33(23-9-7-8-21(28)15-23)38(36,37)24-10-5-4-6-11-24/h4-13,15-16,19H,3,14,17-18H2,1-2H3,(H,31,35)/t19-/m1/s1. The van der Waals surface area contributed by atoms with Gasteiger partial charge in [-0.15, -0.1) is 0 Å². The highest BCUT2D eigenvalue weighted by Gasteiger charge is 2.32. The Labute approximate surface area is 238 Å². The molecule has 2 amide bonds. The fourth-order valence-corrected chi connectivity index (χ4v) is 5.77. The van der Waals surface area contributed by atoms with Crippen LogP contribution in [0.5, 0.6) is 0 Å². The van der Waals surface area contributed by atoms with Crippen LogP contribution in [0.3, 0.4) is 0 Å². The van der Waals surface area contributed by atoms with Crippen LogP contribution in [0.2, 0.25) is 15.1 Å². The average molecular weight is 597 g/mol. The molecule has 0 aliphatic carbocycles. The maximum atomic E-state index is 13.8. The summed E-state index contributed by atoms with van der Waals surface area (Å²) in [5.74, 6) is -0.972. The van der Waals surface area contributed by atoms with E-state index in [0.29, 0.717) is 33.6 Å². The van der Waals surface area contributed by atoms with Gasteiger partial charge in [-0.3, -0.25) is 13.9 Å². The molecule has 0 aliphatic rings. The van der Waals surface area contributed by atoms with Crippen molar-refractivity contribution >= 4 is 62.3 Å². The van der Waals surface area contributed by atoms with Crippen LogP contribution in [-0.4, -0.2) is 44.3 Å². The molecule has 38 heavy (non-hydrogen) atoms. The quantitative estimate of drug-likeness (QED) is 0.304. The molecule has 3 aromatic carbocycles. The molecule has 11 heteroatoms. The van der Waals surface area contributed by atoms with Crippen molar-refractivity contribution in [1.82, 2.24) is 10.2 Å². The largest absolute Gasteiger partial charge is 0.354 e. The molecule has 0 heterocycles. The zero-order chi connectivity index (χ0) is 27.9. The van der Waals surface area contributed by atoms with Crippen molar-refractivity contribution in [2.24, 2.45) is 0 Å². The normalized spacial score (nSPS) is 12.0. The first-order valence-corrected chi connectivity index (χ1v) is 14.5. The first kappa shape index (κ1) is 29.8. The van der Waals surface area contributed by atoms with Crippen LogP contribution in [0.4, 0.5) is 5.69 Å². The number of nitrogens with zero attached hydrogens (tertiary/aromatic N) is 2. The van der Waals surface area contributed by atoms with E-state index in [9.17, 15) is 18.0 Å². The maximum Gasteiger partial charge on any atom is 0.264 e. The summed E-state index contributed by atoms with van der Waals surface area (Å²) in [4.78, 5) is 28.0. The molecule has 0 aromatic heterocycles. The molecule has 1 atom stereocenters. The van der Waals surface area contributed by atoms with Gasteiger partial charge in [0, 0.05) is 28.2 Å². The number of hydrogen-bond acceptors (Lipinski definition) is 4. The summed E-state index contributed by atoms with van der Waals surface area (Å²) >= 11 is 18.6. The van der Waals surface area contributed by atoms with Crippen molar-refractivity contribution < 1.29 is 18.0 Å². The predicted octanol–water partition coefficient (Wildman–Crippen LogP) is 5.79. The monoisotopic (exact) mass is 595 g/mol. The second-order valence-corrected chi connectivity index (χ2v) is 11.7. The Balaban J connectivity index is 2.03. The van der Waals surface area contributed by atoms with Gasteiger partial charge in [0.05, 0.1) is 10.6 Å². The summed E-state index contributed by atoms with van der Waals surface area (Å²) in [6, 6.07) is 17.9. The number of anilines is 1. The Kier molecular flexibility index (Phi) is 10.4. The van der Waals surface area contributed by atoms with Crippen LogP contribution in [0.1, 0.15) is 25.8 Å². The molecule has 0 bridgehead atoms. The highest BCUT2D eigenvalue weighted by molar-refractivity contribution is 7.92. The number of carbonyl (C=O) groups is 2. The molecule has 0 spiro atoms. The minimum Gasteiger partial charge on any atom is -0.354 e. The van der Waals surface area contributed by atoms with Crippen molar-refractivity contribution in [3.8, 4) is 0 Å². The molecule has 3 aromatic rings. The fourth-order valence-electron chi connectivity index (χ4n) is 3.69. The number of hydrogen-bond donors (Lipinski definition) is 1. The van der Waals surface area contributed by atoms with Gasteiger partial charge >= 0.3 is 0 Å². The van der Waals surface area contributed by atoms with Crippen molar-refractivity contribution in [2.45, 2.75) is 37.8 Å². The Morgan fingerprint density at radius 3 is 2.24 bits per heavy atom. The Morgan fingerprint density at radius 1 is 0.921 bits per heavy atom. The van der Waals surface area contributed by atoms with Gasteiger partial charge < -0.3 is 10.2 Å². The lowest BCUT2D eigenvalue weighted by atomic mass is 10.1. The number of amides is 2. The third kappa shape index (κ3) is 7.41. The molecule has 1 N–H and O–H groups in total. The molecule has 0 fully saturated rings. The smallest absolute Gasteiger partial charge is 0.264 e. The van der Waals surface area contributed by atoms with E-state index >= 15 is 0 Å². The van der Waals surface area contributed by atoms with E-state index in [4.69, 9.17) is 34.8 Å². The molecule has 3 rings (SSSR count). The van der Waals surface area contributed by atoms with E-state index in [0.717, 1.165) is 4.31 Å². The van der Waals surface area contributed by atoms with Gasteiger partial charge in [0.15, 0.2) is 0 Å². The lowest BCUT2D eigenvalue weighted by Crippen LogP contribution is -2.51. The zero-order valence-electron chi connectivity index (χ0n) is 20.9. The summed E-state index contributed by atoms with van der Waals surface area (Å²) in [5.41, 5.74) is 0.766. The van der Waals surface area contributed by atoms with Crippen molar-refractivity contribution in [2.75, 3.05) is 17.4 Å². The number of nitrogens with one attached hydrogen (secondary N) is 1. The molecule has 7 nitrogen and oxygen atoms in total. The lowest BCUT2D eigenvalue weighted by molar-refractivity contribution is -0.139. The Hall–Kier alpha value is -2.78. The van der Waals surface area contributed by atoms with E-state index in [-0.39, 0.29) is 23.0 Å². The van der Waals surface area contributed by atoms with Gasteiger partial charge in [-0.2, -0.15) is 0 Å². The van der Waals surface area contributed by atoms with Crippen molar-refractivity contribution in [3.63, 3.8) is 0 Å². The van der Waals surface area contributed by atoms with E-state index < -0.39 is 28.5 Å². The lowest BCUT2D eigenvalue weighted by Gasteiger charge is -2.32. The van der Waals surface area contributed by atoms with E-state index in [1.54, 1.807) is 61.5 Å². The average Bonchev–Trinajstić information content (AvgIpc) is 2.89. The number of benzene rings is 3. The summed E-state index contributed by atoms with van der Waals surface area (Å²) in [5, 5.41) is 3.84. The molecular formula is C27H28Cl3N3O4S.